The van der Waals surface area contributed by atoms with E-state index in [9.17, 15) is 9.59 Å². The van der Waals surface area contributed by atoms with Crippen LogP contribution in [0, 0.1) is 5.92 Å². The molecule has 84 valence electrons. The summed E-state index contributed by atoms with van der Waals surface area (Å²) >= 11 is 0. The molecule has 5 nitrogen and oxygen atoms in total. The molecule has 3 N–H and O–H groups in total. The van der Waals surface area contributed by atoms with E-state index in [0.29, 0.717) is 6.42 Å². The Hall–Kier alpha value is -1.36. The number of aliphatic hydroxyl groups excluding tert-OH is 1. The van der Waals surface area contributed by atoms with E-state index in [1.54, 1.807) is 0 Å². The van der Waals surface area contributed by atoms with E-state index in [0.717, 1.165) is 12.8 Å². The van der Waals surface area contributed by atoms with Gasteiger partial charge < -0.3 is 15.5 Å². The molecule has 1 amide bonds. The summed E-state index contributed by atoms with van der Waals surface area (Å²) in [6.07, 6.45) is 6.14. The Morgan fingerprint density at radius 1 is 1.47 bits per heavy atom. The van der Waals surface area contributed by atoms with E-state index in [1.807, 2.05) is 12.2 Å². The van der Waals surface area contributed by atoms with Crippen molar-refractivity contribution < 1.29 is 19.8 Å². The van der Waals surface area contributed by atoms with Crippen LogP contribution in [-0.2, 0) is 9.59 Å². The molecule has 2 unspecified atom stereocenters. The first-order valence-electron chi connectivity index (χ1n) is 4.94. The summed E-state index contributed by atoms with van der Waals surface area (Å²) in [6, 6.07) is -1.19. The molecule has 0 saturated heterocycles. The van der Waals surface area contributed by atoms with Gasteiger partial charge in [0.2, 0.25) is 5.91 Å². The highest BCUT2D eigenvalue weighted by atomic mass is 16.4. The first kappa shape index (κ1) is 11.7. The minimum Gasteiger partial charge on any atom is -0.480 e. The van der Waals surface area contributed by atoms with Crippen molar-refractivity contribution in [2.24, 2.45) is 5.92 Å². The number of carboxylic acids is 1. The van der Waals surface area contributed by atoms with E-state index < -0.39 is 18.6 Å². The van der Waals surface area contributed by atoms with Crippen molar-refractivity contribution in [3.63, 3.8) is 0 Å². The number of hydrogen-bond donors (Lipinski definition) is 3. The first-order chi connectivity index (χ1) is 7.15. The van der Waals surface area contributed by atoms with Gasteiger partial charge in [-0.2, -0.15) is 0 Å². The number of allylic oxidation sites excluding steroid dienone is 2. The van der Waals surface area contributed by atoms with Gasteiger partial charge in [-0.25, -0.2) is 4.79 Å². The average molecular weight is 213 g/mol. The third kappa shape index (κ3) is 3.36. The maximum Gasteiger partial charge on any atom is 0.328 e. The molecule has 0 aromatic rings. The lowest BCUT2D eigenvalue weighted by molar-refractivity contribution is -0.143. The van der Waals surface area contributed by atoms with E-state index in [-0.39, 0.29) is 11.8 Å². The Morgan fingerprint density at radius 3 is 2.67 bits per heavy atom. The zero-order valence-electron chi connectivity index (χ0n) is 8.35. The van der Waals surface area contributed by atoms with Gasteiger partial charge in [-0.05, 0) is 19.3 Å². The van der Waals surface area contributed by atoms with Crippen LogP contribution in [0.2, 0.25) is 0 Å². The number of carboxylic acid groups (broad SMARTS) is 1. The standard InChI is InChI=1S/C10H15NO4/c12-6-8(10(14)15)11-9(13)7-4-2-1-3-5-7/h1-2,7-8,12H,3-6H2,(H,11,13)(H,14,15). The summed E-state index contributed by atoms with van der Waals surface area (Å²) in [6.45, 7) is -0.580. The fourth-order valence-electron chi connectivity index (χ4n) is 1.51. The number of hydrogen-bond acceptors (Lipinski definition) is 3. The molecular formula is C10H15NO4. The topological polar surface area (TPSA) is 86.6 Å². The predicted octanol–water partition coefficient (Wildman–Crippen LogP) is -0.0956. The zero-order valence-corrected chi connectivity index (χ0v) is 8.35. The molecule has 0 aromatic heterocycles. The number of amides is 1. The number of aliphatic hydroxyl groups is 1. The summed E-state index contributed by atoms with van der Waals surface area (Å²) in [5, 5.41) is 19.7. The van der Waals surface area contributed by atoms with Crippen LogP contribution < -0.4 is 5.32 Å². The molecule has 0 aliphatic heterocycles. The van der Waals surface area contributed by atoms with Crippen LogP contribution in [0.3, 0.4) is 0 Å². The SMILES string of the molecule is O=C(NC(CO)C(=O)O)C1CC=CCC1. The second kappa shape index (κ2) is 5.50. The molecule has 5 heteroatoms. The lowest BCUT2D eigenvalue weighted by Gasteiger charge is -2.19. The summed E-state index contributed by atoms with van der Waals surface area (Å²) in [5.41, 5.74) is 0. The van der Waals surface area contributed by atoms with Crippen LogP contribution in [0.4, 0.5) is 0 Å². The minimum absolute atomic E-state index is 0.164. The Bertz CT molecular complexity index is 275. The van der Waals surface area contributed by atoms with Crippen molar-refractivity contribution in [3.05, 3.63) is 12.2 Å². The minimum atomic E-state index is -1.21. The molecule has 0 saturated carbocycles. The number of aliphatic carboxylic acids is 1. The smallest absolute Gasteiger partial charge is 0.328 e. The normalized spacial score (nSPS) is 22.1. The molecule has 2 atom stereocenters. The third-order valence-electron chi connectivity index (χ3n) is 2.44. The number of carbonyl (C=O) groups is 2. The quantitative estimate of drug-likeness (QED) is 0.569. The van der Waals surface area contributed by atoms with Crippen LogP contribution in [0.15, 0.2) is 12.2 Å². The van der Waals surface area contributed by atoms with E-state index in [1.165, 1.54) is 0 Å². The molecule has 1 rings (SSSR count). The molecule has 0 heterocycles. The summed E-state index contributed by atoms with van der Waals surface area (Å²) in [4.78, 5) is 22.1. The van der Waals surface area contributed by atoms with Gasteiger partial charge in [0.1, 0.15) is 6.04 Å². The predicted molar refractivity (Wildman–Crippen MR) is 53.1 cm³/mol. The Balaban J connectivity index is 2.46. The molecule has 0 fully saturated rings. The number of nitrogens with one attached hydrogen (secondary N) is 1. The van der Waals surface area contributed by atoms with Gasteiger partial charge >= 0.3 is 5.97 Å². The van der Waals surface area contributed by atoms with Crippen molar-refractivity contribution in [1.82, 2.24) is 5.32 Å². The molecule has 1 aliphatic carbocycles. The number of rotatable bonds is 4. The van der Waals surface area contributed by atoms with Gasteiger partial charge in [0, 0.05) is 5.92 Å². The van der Waals surface area contributed by atoms with Crippen LogP contribution in [-0.4, -0.2) is 34.7 Å². The monoisotopic (exact) mass is 213 g/mol. The number of carbonyl (C=O) groups excluding carboxylic acids is 1. The van der Waals surface area contributed by atoms with Crippen molar-refractivity contribution in [2.75, 3.05) is 6.61 Å². The van der Waals surface area contributed by atoms with Gasteiger partial charge in [-0.15, -0.1) is 0 Å². The maximum atomic E-state index is 11.6. The van der Waals surface area contributed by atoms with E-state index in [4.69, 9.17) is 10.2 Å². The second-order valence-electron chi connectivity index (χ2n) is 3.56. The molecule has 15 heavy (non-hydrogen) atoms. The molecule has 0 bridgehead atoms. The molecule has 0 aromatic carbocycles. The van der Waals surface area contributed by atoms with Gasteiger partial charge in [0.25, 0.3) is 0 Å². The largest absolute Gasteiger partial charge is 0.480 e. The van der Waals surface area contributed by atoms with Crippen LogP contribution in [0.1, 0.15) is 19.3 Å². The third-order valence-corrected chi connectivity index (χ3v) is 2.44. The van der Waals surface area contributed by atoms with Gasteiger partial charge in [0.05, 0.1) is 6.61 Å². The highest BCUT2D eigenvalue weighted by molar-refractivity contribution is 5.85. The zero-order chi connectivity index (χ0) is 11.3. The van der Waals surface area contributed by atoms with Crippen molar-refractivity contribution in [1.29, 1.82) is 0 Å². The summed E-state index contributed by atoms with van der Waals surface area (Å²) in [5.74, 6) is -1.67. The summed E-state index contributed by atoms with van der Waals surface area (Å²) in [7, 11) is 0. The fourth-order valence-corrected chi connectivity index (χ4v) is 1.51. The van der Waals surface area contributed by atoms with Crippen LogP contribution in [0.5, 0.6) is 0 Å². The maximum absolute atomic E-state index is 11.6. The van der Waals surface area contributed by atoms with E-state index >= 15 is 0 Å². The summed E-state index contributed by atoms with van der Waals surface area (Å²) < 4.78 is 0. The Morgan fingerprint density at radius 2 is 2.20 bits per heavy atom. The first-order valence-corrected chi connectivity index (χ1v) is 4.94. The lowest BCUT2D eigenvalue weighted by Crippen LogP contribution is -2.45. The van der Waals surface area contributed by atoms with Gasteiger partial charge in [-0.1, -0.05) is 12.2 Å². The van der Waals surface area contributed by atoms with Crippen LogP contribution >= 0.6 is 0 Å². The van der Waals surface area contributed by atoms with Crippen LogP contribution in [0.25, 0.3) is 0 Å². The van der Waals surface area contributed by atoms with Gasteiger partial charge in [0.15, 0.2) is 0 Å². The van der Waals surface area contributed by atoms with Crippen molar-refractivity contribution in [3.8, 4) is 0 Å². The molecule has 0 spiro atoms. The average Bonchev–Trinajstić information content (AvgIpc) is 2.26. The van der Waals surface area contributed by atoms with Crippen molar-refractivity contribution in [2.45, 2.75) is 25.3 Å². The second-order valence-corrected chi connectivity index (χ2v) is 3.56. The van der Waals surface area contributed by atoms with Crippen molar-refractivity contribution >= 4 is 11.9 Å². The lowest BCUT2D eigenvalue weighted by atomic mass is 9.93. The highest BCUT2D eigenvalue weighted by Crippen LogP contribution is 2.18. The van der Waals surface area contributed by atoms with Gasteiger partial charge in [-0.3, -0.25) is 4.79 Å². The molecular weight excluding hydrogens is 198 g/mol. The fraction of sp³-hybridized carbons (Fsp3) is 0.600. The molecule has 1 aliphatic rings. The molecule has 0 radical (unpaired) electrons. The highest BCUT2D eigenvalue weighted by Gasteiger charge is 2.24. The Labute approximate surface area is 87.8 Å². The Kier molecular flexibility index (Phi) is 4.30. The van der Waals surface area contributed by atoms with E-state index in [2.05, 4.69) is 5.32 Å².